The van der Waals surface area contributed by atoms with Crippen LogP contribution in [0, 0.1) is 0 Å². The average Bonchev–Trinajstić information content (AvgIpc) is 3.36. The Bertz CT molecular complexity index is 1230. The molecule has 3 heterocycles. The minimum atomic E-state index is -0.000318. The van der Waals surface area contributed by atoms with E-state index in [0.717, 1.165) is 17.8 Å². The number of anilines is 1. The van der Waals surface area contributed by atoms with E-state index >= 15 is 0 Å². The van der Waals surface area contributed by atoms with Crippen LogP contribution in [0.25, 0.3) is 16.9 Å². The van der Waals surface area contributed by atoms with Crippen molar-refractivity contribution >= 4 is 42.3 Å². The minimum absolute atomic E-state index is 0.000318. The summed E-state index contributed by atoms with van der Waals surface area (Å²) in [6.07, 6.45) is 4.20. The van der Waals surface area contributed by atoms with E-state index in [0.29, 0.717) is 40.6 Å². The average molecular weight is 433 g/mol. The number of carbonyl (C=O) groups is 1. The molecule has 0 aliphatic heterocycles. The highest BCUT2D eigenvalue weighted by molar-refractivity contribution is 6.36. The largest absolute Gasteiger partial charge is 0.370 e. The van der Waals surface area contributed by atoms with E-state index in [2.05, 4.69) is 15.4 Å². The van der Waals surface area contributed by atoms with Gasteiger partial charge in [-0.25, -0.2) is 4.98 Å². The molecular weight excluding hydrogens is 411 g/mol. The van der Waals surface area contributed by atoms with Gasteiger partial charge in [0.1, 0.15) is 19.4 Å². The molecule has 1 amide bonds. The Balaban J connectivity index is 1.48. The third-order valence-corrected chi connectivity index (χ3v) is 5.46. The highest BCUT2D eigenvalue weighted by Crippen LogP contribution is 2.28. The van der Waals surface area contributed by atoms with E-state index in [1.54, 1.807) is 15.6 Å². The summed E-state index contributed by atoms with van der Waals surface area (Å²) in [7, 11) is 9.74. The smallest absolute Gasteiger partial charge is 0.270 e. The van der Waals surface area contributed by atoms with Crippen molar-refractivity contribution in [1.82, 2.24) is 24.1 Å². The second-order valence-corrected chi connectivity index (χ2v) is 7.76. The molecule has 31 heavy (non-hydrogen) atoms. The molecule has 0 bridgehead atoms. The highest BCUT2D eigenvalue weighted by Gasteiger charge is 2.15. The minimum Gasteiger partial charge on any atom is -0.370 e. The van der Waals surface area contributed by atoms with E-state index in [9.17, 15) is 4.79 Å². The first-order chi connectivity index (χ1) is 15.0. The van der Waals surface area contributed by atoms with Gasteiger partial charge in [-0.3, -0.25) is 4.79 Å². The molecule has 1 aromatic carbocycles. The van der Waals surface area contributed by atoms with Gasteiger partial charge in [-0.1, -0.05) is 29.8 Å². The van der Waals surface area contributed by atoms with Crippen molar-refractivity contribution in [2.75, 3.05) is 25.5 Å². The van der Waals surface area contributed by atoms with Crippen LogP contribution in [0.3, 0.4) is 0 Å². The Hall–Kier alpha value is -3.26. The summed E-state index contributed by atoms with van der Waals surface area (Å²) in [5.74, 6) is 0.757. The van der Waals surface area contributed by atoms with Crippen LogP contribution in [0.5, 0.6) is 0 Å². The number of hydrogen-bond donors (Lipinski definition) is 1. The third kappa shape index (κ3) is 4.30. The zero-order chi connectivity index (χ0) is 22.0. The van der Waals surface area contributed by atoms with Crippen LogP contribution in [-0.2, 0) is 7.05 Å². The standard InChI is InChI=1S/C22H22BClN6O/c1-28-11-5-9-19(28)22(31)29(2)12-6-10-25-20-13-18(15-7-3-4-8-17(15)24)27-21-16(23)14-26-30(20)21/h3-5,7-9,11,13-14,25H,6,10,12H2,1-2H3. The monoisotopic (exact) mass is 432 g/mol. The van der Waals surface area contributed by atoms with Crippen molar-refractivity contribution in [2.24, 2.45) is 7.05 Å². The molecule has 0 spiro atoms. The lowest BCUT2D eigenvalue weighted by Gasteiger charge is -2.18. The van der Waals surface area contributed by atoms with E-state index in [4.69, 9.17) is 19.4 Å². The van der Waals surface area contributed by atoms with E-state index < -0.39 is 0 Å². The topological polar surface area (TPSA) is 67.5 Å². The fourth-order valence-electron chi connectivity index (χ4n) is 3.43. The van der Waals surface area contributed by atoms with Crippen molar-refractivity contribution in [2.45, 2.75) is 6.42 Å². The summed E-state index contributed by atoms with van der Waals surface area (Å²) < 4.78 is 3.50. The summed E-state index contributed by atoms with van der Waals surface area (Å²) in [6, 6.07) is 13.1. The van der Waals surface area contributed by atoms with Crippen LogP contribution in [0.1, 0.15) is 16.9 Å². The first kappa shape index (κ1) is 21.0. The van der Waals surface area contributed by atoms with Gasteiger partial charge in [0.25, 0.3) is 5.91 Å². The van der Waals surface area contributed by atoms with Gasteiger partial charge in [0, 0.05) is 56.2 Å². The molecule has 7 nitrogen and oxygen atoms in total. The van der Waals surface area contributed by atoms with Gasteiger partial charge in [-0.2, -0.15) is 9.61 Å². The second-order valence-electron chi connectivity index (χ2n) is 7.35. The number of hydrogen-bond acceptors (Lipinski definition) is 4. The second kappa shape index (κ2) is 8.85. The number of carbonyl (C=O) groups excluding carboxylic acids is 1. The Morgan fingerprint density at radius 3 is 2.81 bits per heavy atom. The van der Waals surface area contributed by atoms with E-state index in [-0.39, 0.29) is 5.91 Å². The molecule has 1 N–H and O–H groups in total. The molecule has 2 radical (unpaired) electrons. The van der Waals surface area contributed by atoms with Crippen molar-refractivity contribution in [1.29, 1.82) is 0 Å². The number of rotatable bonds is 7. The first-order valence-corrected chi connectivity index (χ1v) is 10.3. The number of fused-ring (bicyclic) bond motifs is 1. The molecule has 3 aromatic heterocycles. The van der Waals surface area contributed by atoms with Gasteiger partial charge in [0.05, 0.1) is 5.69 Å². The zero-order valence-electron chi connectivity index (χ0n) is 17.4. The Labute approximate surface area is 187 Å². The fourth-order valence-corrected chi connectivity index (χ4v) is 3.66. The van der Waals surface area contributed by atoms with Crippen LogP contribution in [-0.4, -0.2) is 58.0 Å². The predicted molar refractivity (Wildman–Crippen MR) is 124 cm³/mol. The first-order valence-electron chi connectivity index (χ1n) is 9.95. The number of halogens is 1. The quantitative estimate of drug-likeness (QED) is 0.360. The molecule has 0 saturated carbocycles. The molecule has 0 saturated heterocycles. The van der Waals surface area contributed by atoms with Gasteiger partial charge in [0.2, 0.25) is 0 Å². The van der Waals surface area contributed by atoms with Crippen LogP contribution in [0.15, 0.2) is 54.9 Å². The van der Waals surface area contributed by atoms with Crippen LogP contribution in [0.4, 0.5) is 5.82 Å². The number of benzene rings is 1. The van der Waals surface area contributed by atoms with Crippen molar-refractivity contribution in [3.8, 4) is 11.3 Å². The van der Waals surface area contributed by atoms with Gasteiger partial charge in [0.15, 0.2) is 5.65 Å². The Kier molecular flexibility index (Phi) is 6.00. The summed E-state index contributed by atoms with van der Waals surface area (Å²) >= 11 is 6.37. The molecule has 0 aliphatic rings. The number of amides is 1. The van der Waals surface area contributed by atoms with Crippen LogP contribution < -0.4 is 10.8 Å². The molecular formula is C22H22BClN6O. The molecule has 4 aromatic rings. The summed E-state index contributed by atoms with van der Waals surface area (Å²) in [6.45, 7) is 1.26. The Morgan fingerprint density at radius 2 is 2.06 bits per heavy atom. The van der Waals surface area contributed by atoms with Gasteiger partial charge in [-0.05, 0) is 30.1 Å². The van der Waals surface area contributed by atoms with Gasteiger partial charge < -0.3 is 14.8 Å². The number of nitrogens with zero attached hydrogens (tertiary/aromatic N) is 5. The maximum Gasteiger partial charge on any atom is 0.270 e. The summed E-state index contributed by atoms with van der Waals surface area (Å²) in [5, 5.41) is 8.33. The molecule has 0 atom stereocenters. The van der Waals surface area contributed by atoms with Crippen LogP contribution >= 0.6 is 11.6 Å². The van der Waals surface area contributed by atoms with E-state index in [1.165, 1.54) is 0 Å². The zero-order valence-corrected chi connectivity index (χ0v) is 18.2. The van der Waals surface area contributed by atoms with Gasteiger partial charge in [-0.15, -0.1) is 0 Å². The molecule has 4 rings (SSSR count). The molecule has 156 valence electrons. The van der Waals surface area contributed by atoms with Crippen molar-refractivity contribution in [3.05, 3.63) is 65.6 Å². The van der Waals surface area contributed by atoms with E-state index in [1.807, 2.05) is 67.3 Å². The molecule has 0 aliphatic carbocycles. The normalized spacial score (nSPS) is 11.1. The molecule has 0 fully saturated rings. The molecule has 0 unspecified atom stereocenters. The lowest BCUT2D eigenvalue weighted by atomic mass is 10.0. The SMILES string of the molecule is [B]c1cnn2c(NCCCN(C)C(=O)c3cccn3C)cc(-c3ccccc3Cl)nc12. The number of aromatic nitrogens is 4. The third-order valence-electron chi connectivity index (χ3n) is 5.13. The summed E-state index contributed by atoms with van der Waals surface area (Å²) in [4.78, 5) is 18.9. The lowest BCUT2D eigenvalue weighted by molar-refractivity contribution is 0.0785. The van der Waals surface area contributed by atoms with Crippen molar-refractivity contribution in [3.63, 3.8) is 0 Å². The number of aryl methyl sites for hydroxylation is 1. The predicted octanol–water partition coefficient (Wildman–Crippen LogP) is 2.76. The molecule has 9 heteroatoms. The Morgan fingerprint density at radius 1 is 1.26 bits per heavy atom. The lowest BCUT2D eigenvalue weighted by Crippen LogP contribution is -2.30. The maximum atomic E-state index is 12.5. The van der Waals surface area contributed by atoms with Crippen LogP contribution in [0.2, 0.25) is 5.02 Å². The highest BCUT2D eigenvalue weighted by atomic mass is 35.5. The number of nitrogens with one attached hydrogen (secondary N) is 1. The maximum absolute atomic E-state index is 12.5. The van der Waals surface area contributed by atoms with Gasteiger partial charge >= 0.3 is 0 Å². The fraction of sp³-hybridized carbons (Fsp3) is 0.227. The van der Waals surface area contributed by atoms with Crippen molar-refractivity contribution < 1.29 is 4.79 Å². The summed E-state index contributed by atoms with van der Waals surface area (Å²) in [5.41, 5.74) is 3.26.